The predicted octanol–water partition coefficient (Wildman–Crippen LogP) is -0.265. The molecule has 0 aliphatic heterocycles. The molecule has 0 saturated carbocycles. The van der Waals surface area contributed by atoms with E-state index in [9.17, 15) is 14.4 Å². The van der Waals surface area contributed by atoms with Gasteiger partial charge in [-0.2, -0.15) is 0 Å². The molecule has 1 amide bonds. The highest BCUT2D eigenvalue weighted by molar-refractivity contribution is 5.93. The molecule has 0 fully saturated rings. The van der Waals surface area contributed by atoms with Gasteiger partial charge in [-0.1, -0.05) is 0 Å². The third-order valence-electron chi connectivity index (χ3n) is 1.64. The van der Waals surface area contributed by atoms with Gasteiger partial charge in [-0.25, -0.2) is 9.59 Å². The van der Waals surface area contributed by atoms with Gasteiger partial charge in [0, 0.05) is 26.2 Å². The maximum absolute atomic E-state index is 11.3. The van der Waals surface area contributed by atoms with Gasteiger partial charge in [0.05, 0.1) is 7.11 Å². The summed E-state index contributed by atoms with van der Waals surface area (Å²) < 4.78 is 9.03. The molecule has 0 rings (SSSR count). The molecule has 90 valence electrons. The first-order valence-corrected chi connectivity index (χ1v) is 4.56. The summed E-state index contributed by atoms with van der Waals surface area (Å²) >= 11 is 0. The summed E-state index contributed by atoms with van der Waals surface area (Å²) in [6.07, 6.45) is 0.949. The molecule has 0 N–H and O–H groups in total. The second-order valence-corrected chi connectivity index (χ2v) is 3.17. The van der Waals surface area contributed by atoms with E-state index in [0.29, 0.717) is 0 Å². The zero-order valence-electron chi connectivity index (χ0n) is 9.72. The summed E-state index contributed by atoms with van der Waals surface area (Å²) in [5.74, 6) is -1.77. The Kier molecular flexibility index (Phi) is 5.84. The number of methoxy groups -OCH3 is 1. The molecule has 0 aromatic rings. The van der Waals surface area contributed by atoms with Crippen LogP contribution in [0.25, 0.3) is 0 Å². The Hall–Kier alpha value is -1.85. The smallest absolute Gasteiger partial charge is 0.331 e. The summed E-state index contributed by atoms with van der Waals surface area (Å²) in [5.41, 5.74) is 0. The Morgan fingerprint density at radius 2 is 1.62 bits per heavy atom. The first-order valence-electron chi connectivity index (χ1n) is 4.56. The number of hydrogen-bond acceptors (Lipinski definition) is 5. The molecule has 16 heavy (non-hydrogen) atoms. The Balaban J connectivity index is 4.20. The molecule has 0 spiro atoms. The minimum absolute atomic E-state index is 0.334. The quantitative estimate of drug-likeness (QED) is 0.490. The molecule has 0 aliphatic rings. The fourth-order valence-electron chi connectivity index (χ4n) is 0.832. The molecule has 1 unspecified atom stereocenters. The summed E-state index contributed by atoms with van der Waals surface area (Å²) in [6, 6.07) is 0. The monoisotopic (exact) mass is 229 g/mol. The van der Waals surface area contributed by atoms with Crippen molar-refractivity contribution in [2.45, 2.75) is 13.0 Å². The van der Waals surface area contributed by atoms with Crippen LogP contribution < -0.4 is 0 Å². The number of likely N-dealkylation sites (N-methyl/N-ethyl adjacent to an activating group) is 1. The van der Waals surface area contributed by atoms with Crippen LogP contribution in [0.1, 0.15) is 6.92 Å². The van der Waals surface area contributed by atoms with Crippen LogP contribution in [0, 0.1) is 0 Å². The summed E-state index contributed by atoms with van der Waals surface area (Å²) in [6.45, 7) is 1.45. The van der Waals surface area contributed by atoms with Crippen molar-refractivity contribution in [1.29, 1.82) is 0 Å². The molecule has 6 nitrogen and oxygen atoms in total. The van der Waals surface area contributed by atoms with Gasteiger partial charge in [0.1, 0.15) is 0 Å². The van der Waals surface area contributed by atoms with Crippen LogP contribution in [0.4, 0.5) is 0 Å². The van der Waals surface area contributed by atoms with Crippen molar-refractivity contribution in [3.63, 3.8) is 0 Å². The number of esters is 2. The van der Waals surface area contributed by atoms with Crippen molar-refractivity contribution in [3.8, 4) is 0 Å². The Labute approximate surface area is 93.8 Å². The van der Waals surface area contributed by atoms with E-state index >= 15 is 0 Å². The largest absolute Gasteiger partial charge is 0.466 e. The summed E-state index contributed by atoms with van der Waals surface area (Å²) in [4.78, 5) is 34.4. The standard InChI is InChI=1S/C10H15NO5/c1-7(10(14)11(2)3)16-9(13)6-5-8(12)15-4/h5-7H,1-4H3. The Morgan fingerprint density at radius 3 is 2.06 bits per heavy atom. The fourth-order valence-corrected chi connectivity index (χ4v) is 0.832. The van der Waals surface area contributed by atoms with Gasteiger partial charge in [0.15, 0.2) is 6.10 Å². The highest BCUT2D eigenvalue weighted by Gasteiger charge is 2.17. The maximum atomic E-state index is 11.3. The van der Waals surface area contributed by atoms with E-state index in [0.717, 1.165) is 12.2 Å². The van der Waals surface area contributed by atoms with E-state index in [1.54, 1.807) is 14.1 Å². The number of carbonyl (C=O) groups is 3. The molecular weight excluding hydrogens is 214 g/mol. The van der Waals surface area contributed by atoms with Gasteiger partial charge in [-0.05, 0) is 6.92 Å². The van der Waals surface area contributed by atoms with Crippen molar-refractivity contribution in [2.24, 2.45) is 0 Å². The Morgan fingerprint density at radius 1 is 1.12 bits per heavy atom. The third kappa shape index (κ3) is 5.14. The molecule has 6 heteroatoms. The zero-order valence-corrected chi connectivity index (χ0v) is 9.72. The number of nitrogens with zero attached hydrogens (tertiary/aromatic N) is 1. The van der Waals surface area contributed by atoms with E-state index in [4.69, 9.17) is 4.74 Å². The number of ether oxygens (including phenoxy) is 2. The minimum Gasteiger partial charge on any atom is -0.466 e. The number of carbonyl (C=O) groups excluding carboxylic acids is 3. The number of hydrogen-bond donors (Lipinski definition) is 0. The first-order chi connectivity index (χ1) is 7.38. The zero-order chi connectivity index (χ0) is 12.7. The molecule has 0 aromatic carbocycles. The van der Waals surface area contributed by atoms with E-state index in [-0.39, 0.29) is 5.91 Å². The second-order valence-electron chi connectivity index (χ2n) is 3.17. The maximum Gasteiger partial charge on any atom is 0.331 e. The second kappa shape index (κ2) is 6.60. The van der Waals surface area contributed by atoms with Crippen molar-refractivity contribution in [3.05, 3.63) is 12.2 Å². The lowest BCUT2D eigenvalue weighted by atomic mass is 10.3. The van der Waals surface area contributed by atoms with E-state index < -0.39 is 18.0 Å². The summed E-state index contributed by atoms with van der Waals surface area (Å²) in [7, 11) is 4.30. The van der Waals surface area contributed by atoms with E-state index in [1.165, 1.54) is 18.9 Å². The molecule has 0 bridgehead atoms. The minimum atomic E-state index is -0.884. The highest BCUT2D eigenvalue weighted by atomic mass is 16.5. The van der Waals surface area contributed by atoms with Gasteiger partial charge in [0.25, 0.3) is 5.91 Å². The first kappa shape index (κ1) is 14.2. The topological polar surface area (TPSA) is 72.9 Å². The molecule has 0 radical (unpaired) electrons. The van der Waals surface area contributed by atoms with Crippen molar-refractivity contribution < 1.29 is 23.9 Å². The normalized spacial score (nSPS) is 12.0. The molecule has 1 atom stereocenters. The molecule has 0 aromatic heterocycles. The average Bonchev–Trinajstić information content (AvgIpc) is 2.24. The van der Waals surface area contributed by atoms with Crippen LogP contribution in [0.5, 0.6) is 0 Å². The van der Waals surface area contributed by atoms with Gasteiger partial charge in [-0.15, -0.1) is 0 Å². The van der Waals surface area contributed by atoms with Crippen LogP contribution in [0.15, 0.2) is 12.2 Å². The number of rotatable bonds is 4. The van der Waals surface area contributed by atoms with Gasteiger partial charge in [0.2, 0.25) is 0 Å². The Bertz CT molecular complexity index is 308. The number of amides is 1. The lowest BCUT2D eigenvalue weighted by Crippen LogP contribution is -2.34. The van der Waals surface area contributed by atoms with Gasteiger partial charge < -0.3 is 14.4 Å². The fraction of sp³-hybridized carbons (Fsp3) is 0.500. The van der Waals surface area contributed by atoms with E-state index in [1.807, 2.05) is 0 Å². The molecule has 0 saturated heterocycles. The van der Waals surface area contributed by atoms with Crippen molar-refractivity contribution >= 4 is 17.8 Å². The van der Waals surface area contributed by atoms with Crippen LogP contribution in [-0.4, -0.2) is 50.1 Å². The highest BCUT2D eigenvalue weighted by Crippen LogP contribution is 1.97. The SMILES string of the molecule is COC(=O)C=CC(=O)OC(C)C(=O)N(C)C. The van der Waals surface area contributed by atoms with Crippen LogP contribution in [0.2, 0.25) is 0 Å². The average molecular weight is 229 g/mol. The summed E-state index contributed by atoms with van der Waals surface area (Å²) in [5, 5.41) is 0. The molecule has 0 aliphatic carbocycles. The van der Waals surface area contributed by atoms with Crippen molar-refractivity contribution in [1.82, 2.24) is 4.90 Å². The van der Waals surface area contributed by atoms with Crippen LogP contribution in [-0.2, 0) is 23.9 Å². The van der Waals surface area contributed by atoms with Crippen molar-refractivity contribution in [2.75, 3.05) is 21.2 Å². The lowest BCUT2D eigenvalue weighted by Gasteiger charge is -2.16. The predicted molar refractivity (Wildman–Crippen MR) is 55.4 cm³/mol. The van der Waals surface area contributed by atoms with Crippen LogP contribution in [0.3, 0.4) is 0 Å². The van der Waals surface area contributed by atoms with Gasteiger partial charge >= 0.3 is 11.9 Å². The molecular formula is C10H15NO5. The van der Waals surface area contributed by atoms with E-state index in [2.05, 4.69) is 4.74 Å². The molecule has 0 heterocycles. The van der Waals surface area contributed by atoms with Gasteiger partial charge in [-0.3, -0.25) is 4.79 Å². The third-order valence-corrected chi connectivity index (χ3v) is 1.64. The van der Waals surface area contributed by atoms with Crippen LogP contribution >= 0.6 is 0 Å². The lowest BCUT2D eigenvalue weighted by molar-refractivity contribution is -0.154.